The Labute approximate surface area is 145 Å². The third-order valence-corrected chi connectivity index (χ3v) is 3.61. The molecule has 1 heterocycles. The second-order valence-corrected chi connectivity index (χ2v) is 5.56. The Morgan fingerprint density at radius 2 is 1.80 bits per heavy atom. The van der Waals surface area contributed by atoms with Crippen LogP contribution < -0.4 is 10.3 Å². The molecule has 3 rings (SSSR count). The van der Waals surface area contributed by atoms with Crippen LogP contribution in [0.3, 0.4) is 0 Å². The van der Waals surface area contributed by atoms with Gasteiger partial charge >= 0.3 is 0 Å². The zero-order chi connectivity index (χ0) is 17.8. The molecule has 2 aromatic rings. The van der Waals surface area contributed by atoms with E-state index in [4.69, 9.17) is 0 Å². The highest BCUT2D eigenvalue weighted by molar-refractivity contribution is 6.21. The van der Waals surface area contributed by atoms with E-state index in [-0.39, 0.29) is 17.6 Å². The first-order valence-electron chi connectivity index (χ1n) is 7.78. The van der Waals surface area contributed by atoms with Crippen LogP contribution >= 0.6 is 0 Å². The number of nitrogens with one attached hydrogen (secondary N) is 1. The van der Waals surface area contributed by atoms with E-state index >= 15 is 0 Å². The lowest BCUT2D eigenvalue weighted by Crippen LogP contribution is -2.38. The molecule has 0 fully saturated rings. The highest BCUT2D eigenvalue weighted by Crippen LogP contribution is 2.23. The molecular weight excluding hydrogens is 318 g/mol. The first kappa shape index (κ1) is 16.5. The standard InChI is InChI=1S/C18H17N5O2/c1-12-8-6-7-11-15(12)20-21-16-17(19-13(2)24)22-23(18(16)25)14-9-4-3-5-10-14/h3-11,16H,1-2H3,(H,19,22,24)/t16-/m1/s1. The molecule has 1 aliphatic heterocycles. The molecule has 1 N–H and O–H groups in total. The first-order chi connectivity index (χ1) is 12.1. The summed E-state index contributed by atoms with van der Waals surface area (Å²) in [6.07, 6.45) is 0. The smallest absolute Gasteiger partial charge is 0.282 e. The van der Waals surface area contributed by atoms with E-state index in [0.717, 1.165) is 5.56 Å². The van der Waals surface area contributed by atoms with Crippen LogP contribution in [0.5, 0.6) is 0 Å². The number of hydrazone groups is 1. The number of para-hydroxylation sites is 1. The third kappa shape index (κ3) is 3.60. The van der Waals surface area contributed by atoms with Crippen molar-refractivity contribution < 1.29 is 9.59 Å². The molecule has 1 aliphatic rings. The lowest BCUT2D eigenvalue weighted by molar-refractivity contribution is -0.117. The molecule has 0 aliphatic carbocycles. The lowest BCUT2D eigenvalue weighted by atomic mass is 10.2. The minimum absolute atomic E-state index is 0.165. The average molecular weight is 335 g/mol. The van der Waals surface area contributed by atoms with Gasteiger partial charge in [0, 0.05) is 6.92 Å². The third-order valence-electron chi connectivity index (χ3n) is 3.61. The van der Waals surface area contributed by atoms with Crippen molar-refractivity contribution in [3.8, 4) is 0 Å². The zero-order valence-electron chi connectivity index (χ0n) is 13.9. The fraction of sp³-hybridized carbons (Fsp3) is 0.167. The number of carbonyl (C=O) groups is 2. The fourth-order valence-corrected chi connectivity index (χ4v) is 2.37. The topological polar surface area (TPSA) is 86.5 Å². The summed E-state index contributed by atoms with van der Waals surface area (Å²) in [6, 6.07) is 15.4. The van der Waals surface area contributed by atoms with Crippen LogP contribution in [0.4, 0.5) is 11.4 Å². The molecule has 0 aromatic heterocycles. The Morgan fingerprint density at radius 1 is 1.12 bits per heavy atom. The van der Waals surface area contributed by atoms with E-state index in [1.54, 1.807) is 24.3 Å². The Morgan fingerprint density at radius 3 is 2.48 bits per heavy atom. The maximum absolute atomic E-state index is 12.7. The SMILES string of the molecule is CC(=O)NC1=NN(c2ccccc2)C(=O)[C@@H]1N=Nc1ccccc1C. The number of aryl methyl sites for hydroxylation is 1. The van der Waals surface area contributed by atoms with Gasteiger partial charge in [-0.1, -0.05) is 36.4 Å². The molecule has 7 nitrogen and oxygen atoms in total. The van der Waals surface area contributed by atoms with E-state index in [1.165, 1.54) is 11.9 Å². The minimum atomic E-state index is -0.983. The molecule has 2 aromatic carbocycles. The molecule has 0 bridgehead atoms. The van der Waals surface area contributed by atoms with E-state index < -0.39 is 6.04 Å². The summed E-state index contributed by atoms with van der Waals surface area (Å²) in [6.45, 7) is 3.26. The fourth-order valence-electron chi connectivity index (χ4n) is 2.37. The first-order valence-corrected chi connectivity index (χ1v) is 7.78. The number of azo groups is 1. The van der Waals surface area contributed by atoms with E-state index in [0.29, 0.717) is 11.4 Å². The van der Waals surface area contributed by atoms with Crippen LogP contribution in [-0.2, 0) is 9.59 Å². The molecule has 0 saturated heterocycles. The summed E-state index contributed by atoms with van der Waals surface area (Å²) in [5.41, 5.74) is 2.20. The van der Waals surface area contributed by atoms with Crippen LogP contribution in [0.25, 0.3) is 0 Å². The molecule has 0 spiro atoms. The normalized spacial score (nSPS) is 17.0. The van der Waals surface area contributed by atoms with Gasteiger partial charge in [0.15, 0.2) is 5.84 Å². The number of carbonyl (C=O) groups excluding carboxylic acids is 2. The predicted molar refractivity (Wildman–Crippen MR) is 94.7 cm³/mol. The quantitative estimate of drug-likeness (QED) is 0.874. The van der Waals surface area contributed by atoms with Crippen molar-refractivity contribution in [3.05, 3.63) is 60.2 Å². The van der Waals surface area contributed by atoms with Crippen molar-refractivity contribution in [2.75, 3.05) is 5.01 Å². The number of rotatable bonds is 3. The van der Waals surface area contributed by atoms with Crippen LogP contribution in [0.2, 0.25) is 0 Å². The maximum atomic E-state index is 12.7. The molecule has 0 radical (unpaired) electrons. The van der Waals surface area contributed by atoms with Gasteiger partial charge in [-0.05, 0) is 30.7 Å². The van der Waals surface area contributed by atoms with Crippen molar-refractivity contribution in [3.63, 3.8) is 0 Å². The number of hydrogen-bond donors (Lipinski definition) is 1. The van der Waals surface area contributed by atoms with Crippen LogP contribution in [0.15, 0.2) is 69.9 Å². The summed E-state index contributed by atoms with van der Waals surface area (Å²) < 4.78 is 0. The summed E-state index contributed by atoms with van der Waals surface area (Å²) in [5.74, 6) is -0.525. The van der Waals surface area contributed by atoms with Gasteiger partial charge in [0.2, 0.25) is 11.9 Å². The van der Waals surface area contributed by atoms with Gasteiger partial charge in [-0.25, -0.2) is 0 Å². The van der Waals surface area contributed by atoms with Gasteiger partial charge in [0.05, 0.1) is 11.4 Å². The summed E-state index contributed by atoms with van der Waals surface area (Å²) >= 11 is 0. The van der Waals surface area contributed by atoms with Crippen molar-refractivity contribution in [2.45, 2.75) is 19.9 Å². The lowest BCUT2D eigenvalue weighted by Gasteiger charge is -2.11. The minimum Gasteiger partial charge on any atom is -0.311 e. The van der Waals surface area contributed by atoms with Crippen molar-refractivity contribution >= 4 is 29.0 Å². The monoisotopic (exact) mass is 335 g/mol. The van der Waals surface area contributed by atoms with Gasteiger partial charge in [-0.3, -0.25) is 9.59 Å². The number of anilines is 1. The van der Waals surface area contributed by atoms with Crippen molar-refractivity contribution in [2.24, 2.45) is 15.3 Å². The Bertz CT molecular complexity index is 861. The maximum Gasteiger partial charge on any atom is 0.282 e. The summed E-state index contributed by atoms with van der Waals surface area (Å²) in [4.78, 5) is 24.1. The number of benzene rings is 2. The highest BCUT2D eigenvalue weighted by atomic mass is 16.2. The van der Waals surface area contributed by atoms with Crippen molar-refractivity contribution in [1.82, 2.24) is 5.32 Å². The Balaban J connectivity index is 1.91. The van der Waals surface area contributed by atoms with Crippen LogP contribution in [-0.4, -0.2) is 23.7 Å². The van der Waals surface area contributed by atoms with Gasteiger partial charge in [-0.2, -0.15) is 15.2 Å². The second-order valence-electron chi connectivity index (χ2n) is 5.56. The summed E-state index contributed by atoms with van der Waals surface area (Å²) in [5, 5.41) is 16.3. The Hall–Kier alpha value is -3.35. The molecular formula is C18H17N5O2. The van der Waals surface area contributed by atoms with E-state index in [1.807, 2.05) is 37.3 Å². The molecule has 25 heavy (non-hydrogen) atoms. The largest absolute Gasteiger partial charge is 0.311 e. The van der Waals surface area contributed by atoms with E-state index in [9.17, 15) is 9.59 Å². The van der Waals surface area contributed by atoms with Gasteiger partial charge < -0.3 is 5.32 Å². The Kier molecular flexibility index (Phi) is 4.65. The molecule has 126 valence electrons. The number of nitrogens with zero attached hydrogens (tertiary/aromatic N) is 4. The van der Waals surface area contributed by atoms with Gasteiger partial charge in [0.1, 0.15) is 0 Å². The second kappa shape index (κ2) is 7.04. The molecule has 2 amide bonds. The van der Waals surface area contributed by atoms with E-state index in [2.05, 4.69) is 20.6 Å². The number of amides is 2. The number of amidine groups is 1. The number of hydrogen-bond acceptors (Lipinski definition) is 5. The summed E-state index contributed by atoms with van der Waals surface area (Å²) in [7, 11) is 0. The van der Waals surface area contributed by atoms with Crippen LogP contribution in [0, 0.1) is 6.92 Å². The molecule has 7 heteroatoms. The zero-order valence-corrected chi connectivity index (χ0v) is 13.9. The molecule has 0 unspecified atom stereocenters. The predicted octanol–water partition coefficient (Wildman–Crippen LogP) is 2.94. The van der Waals surface area contributed by atoms with Gasteiger partial charge in [-0.15, -0.1) is 5.10 Å². The average Bonchev–Trinajstić information content (AvgIpc) is 2.90. The van der Waals surface area contributed by atoms with Gasteiger partial charge in [0.25, 0.3) is 5.91 Å². The highest BCUT2D eigenvalue weighted by Gasteiger charge is 2.37. The molecule has 0 saturated carbocycles. The van der Waals surface area contributed by atoms with Crippen LogP contribution in [0.1, 0.15) is 12.5 Å². The van der Waals surface area contributed by atoms with Crippen molar-refractivity contribution in [1.29, 1.82) is 0 Å². The molecule has 1 atom stereocenters.